The molecule has 1 aliphatic heterocycles. The normalized spacial score (nSPS) is 23.8. The van der Waals surface area contributed by atoms with E-state index in [-0.39, 0.29) is 6.04 Å². The first-order valence-electron chi connectivity index (χ1n) is 5.04. The van der Waals surface area contributed by atoms with Gasteiger partial charge < -0.3 is 0 Å². The van der Waals surface area contributed by atoms with Crippen LogP contribution in [-0.4, -0.2) is 43.2 Å². The van der Waals surface area contributed by atoms with E-state index in [4.69, 9.17) is 0 Å². The predicted molar refractivity (Wildman–Crippen MR) is 56.8 cm³/mol. The van der Waals surface area contributed by atoms with Crippen LogP contribution in [0.2, 0.25) is 0 Å². The Bertz CT molecular complexity index is 358. The van der Waals surface area contributed by atoms with Gasteiger partial charge in [0, 0.05) is 13.1 Å². The lowest BCUT2D eigenvalue weighted by Crippen LogP contribution is -2.44. The Morgan fingerprint density at radius 3 is 2.67 bits per heavy atom. The molecule has 1 rings (SSSR count). The van der Waals surface area contributed by atoms with Crippen LogP contribution in [0.4, 0.5) is 0 Å². The first-order chi connectivity index (χ1) is 6.98. The van der Waals surface area contributed by atoms with Crippen LogP contribution in [0.5, 0.6) is 0 Å². The third kappa shape index (κ3) is 2.87. The van der Waals surface area contributed by atoms with Crippen LogP contribution in [-0.2, 0) is 14.8 Å². The number of hydrogen-bond acceptors (Lipinski definition) is 4. The van der Waals surface area contributed by atoms with Crippen molar-refractivity contribution in [3.63, 3.8) is 0 Å². The minimum atomic E-state index is -3.21. The molecule has 1 saturated heterocycles. The van der Waals surface area contributed by atoms with Crippen LogP contribution in [0, 0.1) is 0 Å². The summed E-state index contributed by atoms with van der Waals surface area (Å²) < 4.78 is 25.1. The number of nitrogens with zero attached hydrogens (tertiary/aromatic N) is 2. The van der Waals surface area contributed by atoms with Crippen molar-refractivity contribution in [1.29, 1.82) is 0 Å². The summed E-state index contributed by atoms with van der Waals surface area (Å²) in [4.78, 5) is 13.7. The molecule has 0 aliphatic carbocycles. The monoisotopic (exact) mass is 232 g/mol. The summed E-state index contributed by atoms with van der Waals surface area (Å²) in [5, 5.41) is -0.420. The number of sulfonamides is 1. The van der Waals surface area contributed by atoms with Crippen molar-refractivity contribution < 1.29 is 13.2 Å². The molecule has 1 unspecified atom stereocenters. The SMILES string of the molecule is CC(C)S(=O)(=O)N1CCCC(N=C=O)C1. The van der Waals surface area contributed by atoms with Gasteiger partial charge in [-0.2, -0.15) is 4.31 Å². The van der Waals surface area contributed by atoms with E-state index in [2.05, 4.69) is 4.99 Å². The van der Waals surface area contributed by atoms with Crippen molar-refractivity contribution in [3.05, 3.63) is 0 Å². The summed E-state index contributed by atoms with van der Waals surface area (Å²) in [6, 6.07) is -0.218. The largest absolute Gasteiger partial charge is 0.235 e. The topological polar surface area (TPSA) is 66.8 Å². The van der Waals surface area contributed by atoms with Crippen molar-refractivity contribution >= 4 is 16.1 Å². The highest BCUT2D eigenvalue weighted by Gasteiger charge is 2.30. The van der Waals surface area contributed by atoms with Gasteiger partial charge in [0.05, 0.1) is 11.3 Å². The van der Waals surface area contributed by atoms with Crippen molar-refractivity contribution in [2.24, 2.45) is 4.99 Å². The second kappa shape index (κ2) is 4.88. The first-order valence-corrected chi connectivity index (χ1v) is 6.54. The third-order valence-electron chi connectivity index (χ3n) is 2.55. The summed E-state index contributed by atoms with van der Waals surface area (Å²) >= 11 is 0. The van der Waals surface area contributed by atoms with Gasteiger partial charge in [0.25, 0.3) is 0 Å². The molecule has 86 valence electrons. The fourth-order valence-electron chi connectivity index (χ4n) is 1.63. The van der Waals surface area contributed by atoms with E-state index < -0.39 is 15.3 Å². The Morgan fingerprint density at radius 1 is 1.47 bits per heavy atom. The van der Waals surface area contributed by atoms with Gasteiger partial charge in [0.1, 0.15) is 0 Å². The van der Waals surface area contributed by atoms with Crippen LogP contribution < -0.4 is 0 Å². The van der Waals surface area contributed by atoms with Crippen LogP contribution in [0.3, 0.4) is 0 Å². The van der Waals surface area contributed by atoms with Gasteiger partial charge in [-0.15, -0.1) is 0 Å². The van der Waals surface area contributed by atoms with E-state index in [1.807, 2.05) is 0 Å². The summed E-state index contributed by atoms with van der Waals surface area (Å²) in [7, 11) is -3.21. The first kappa shape index (κ1) is 12.4. The maximum atomic E-state index is 11.8. The van der Waals surface area contributed by atoms with Gasteiger partial charge in [-0.05, 0) is 26.7 Å². The lowest BCUT2D eigenvalue weighted by Gasteiger charge is -2.30. The molecule has 1 fully saturated rings. The highest BCUT2D eigenvalue weighted by Crippen LogP contribution is 2.18. The van der Waals surface area contributed by atoms with Crippen molar-refractivity contribution in [2.45, 2.75) is 38.0 Å². The Kier molecular flexibility index (Phi) is 4.02. The fourth-order valence-corrected chi connectivity index (χ4v) is 2.99. The van der Waals surface area contributed by atoms with Crippen LogP contribution >= 0.6 is 0 Å². The number of aliphatic imine (C=N–C) groups is 1. The van der Waals surface area contributed by atoms with Crippen LogP contribution in [0.15, 0.2) is 4.99 Å². The maximum Gasteiger partial charge on any atom is 0.235 e. The molecule has 0 radical (unpaired) electrons. The van der Waals surface area contributed by atoms with Crippen LogP contribution in [0.25, 0.3) is 0 Å². The third-order valence-corrected chi connectivity index (χ3v) is 4.79. The van der Waals surface area contributed by atoms with E-state index in [9.17, 15) is 13.2 Å². The van der Waals surface area contributed by atoms with Gasteiger partial charge in [-0.3, -0.25) is 0 Å². The minimum Gasteiger partial charge on any atom is -0.212 e. The fraction of sp³-hybridized carbons (Fsp3) is 0.889. The molecule has 5 nitrogen and oxygen atoms in total. The Morgan fingerprint density at radius 2 is 2.13 bits per heavy atom. The zero-order chi connectivity index (χ0) is 11.5. The molecule has 1 heterocycles. The Balaban J connectivity index is 2.76. The zero-order valence-corrected chi connectivity index (χ0v) is 9.83. The lowest BCUT2D eigenvalue weighted by atomic mass is 10.1. The van der Waals surface area contributed by atoms with E-state index >= 15 is 0 Å². The molecule has 0 aromatic carbocycles. The molecular weight excluding hydrogens is 216 g/mol. The molecule has 6 heteroatoms. The second-order valence-corrected chi connectivity index (χ2v) is 6.46. The molecule has 0 saturated carbocycles. The molecule has 15 heavy (non-hydrogen) atoms. The van der Waals surface area contributed by atoms with Gasteiger partial charge in [0.2, 0.25) is 16.1 Å². The number of rotatable bonds is 3. The molecule has 0 aromatic heterocycles. The highest BCUT2D eigenvalue weighted by atomic mass is 32.2. The second-order valence-electron chi connectivity index (χ2n) is 3.97. The summed E-state index contributed by atoms with van der Waals surface area (Å²) in [5.41, 5.74) is 0. The smallest absolute Gasteiger partial charge is 0.212 e. The van der Waals surface area contributed by atoms with Crippen molar-refractivity contribution in [1.82, 2.24) is 4.31 Å². The van der Waals surface area contributed by atoms with Gasteiger partial charge in [0.15, 0.2) is 0 Å². The minimum absolute atomic E-state index is 0.218. The van der Waals surface area contributed by atoms with Crippen molar-refractivity contribution in [2.75, 3.05) is 13.1 Å². The maximum absolute atomic E-state index is 11.8. The average molecular weight is 232 g/mol. The Hall–Kier alpha value is -0.710. The molecule has 0 spiro atoms. The molecule has 0 amide bonds. The quantitative estimate of drug-likeness (QED) is 0.526. The summed E-state index contributed by atoms with van der Waals surface area (Å²) in [5.74, 6) is 0. The highest BCUT2D eigenvalue weighted by molar-refractivity contribution is 7.89. The van der Waals surface area contributed by atoms with Gasteiger partial charge in [-0.1, -0.05) is 0 Å². The average Bonchev–Trinajstić information content (AvgIpc) is 2.18. The zero-order valence-electron chi connectivity index (χ0n) is 9.01. The summed E-state index contributed by atoms with van der Waals surface area (Å²) in [6.45, 7) is 4.16. The van der Waals surface area contributed by atoms with Gasteiger partial charge >= 0.3 is 0 Å². The molecule has 0 aromatic rings. The predicted octanol–water partition coefficient (Wildman–Crippen LogP) is 0.525. The van der Waals surface area contributed by atoms with E-state index in [1.54, 1.807) is 13.8 Å². The molecular formula is C9H16N2O3S. The van der Waals surface area contributed by atoms with Crippen LogP contribution in [0.1, 0.15) is 26.7 Å². The number of carbonyl (C=O) groups excluding carboxylic acids is 1. The number of isocyanates is 1. The number of piperidine rings is 1. The molecule has 0 N–H and O–H groups in total. The standard InChI is InChI=1S/C9H16N2O3S/c1-8(2)15(13,14)11-5-3-4-9(6-11)10-7-12/h8-9H,3-6H2,1-2H3. The van der Waals surface area contributed by atoms with E-state index in [0.717, 1.165) is 12.8 Å². The lowest BCUT2D eigenvalue weighted by molar-refractivity contribution is 0.314. The van der Waals surface area contributed by atoms with Gasteiger partial charge in [-0.25, -0.2) is 18.2 Å². The van der Waals surface area contributed by atoms with E-state index in [0.29, 0.717) is 13.1 Å². The Labute approximate surface area is 90.2 Å². The van der Waals surface area contributed by atoms with Crippen molar-refractivity contribution in [3.8, 4) is 0 Å². The summed E-state index contributed by atoms with van der Waals surface area (Å²) in [6.07, 6.45) is 3.01. The number of hydrogen-bond donors (Lipinski definition) is 0. The van der Waals surface area contributed by atoms with E-state index in [1.165, 1.54) is 10.4 Å². The molecule has 0 bridgehead atoms. The molecule has 1 atom stereocenters. The molecule has 1 aliphatic rings.